The lowest BCUT2D eigenvalue weighted by Gasteiger charge is -2.20. The molecule has 7 nitrogen and oxygen atoms in total. The van der Waals surface area contributed by atoms with E-state index in [9.17, 15) is 14.7 Å². The fraction of sp³-hybridized carbons (Fsp3) is 0.421. The van der Waals surface area contributed by atoms with Crippen LogP contribution < -0.4 is 4.74 Å². The van der Waals surface area contributed by atoms with Crippen molar-refractivity contribution in [2.45, 2.75) is 32.7 Å². The lowest BCUT2D eigenvalue weighted by molar-refractivity contribution is -0.141. The number of carboxylic acid groups (broad SMARTS) is 1. The Morgan fingerprint density at radius 1 is 1.31 bits per heavy atom. The number of rotatable bonds is 6. The van der Waals surface area contributed by atoms with Gasteiger partial charge in [-0.1, -0.05) is 32.0 Å². The van der Waals surface area contributed by atoms with Gasteiger partial charge in [-0.3, -0.25) is 4.79 Å². The van der Waals surface area contributed by atoms with Crippen molar-refractivity contribution in [3.05, 3.63) is 42.2 Å². The number of carboxylic acids is 1. The summed E-state index contributed by atoms with van der Waals surface area (Å²) in [5, 5.41) is 13.8. The van der Waals surface area contributed by atoms with Gasteiger partial charge in [-0.05, 0) is 30.9 Å². The van der Waals surface area contributed by atoms with Gasteiger partial charge in [0.05, 0.1) is 18.5 Å². The number of amides is 1. The van der Waals surface area contributed by atoms with E-state index in [1.807, 2.05) is 44.2 Å². The van der Waals surface area contributed by atoms with Gasteiger partial charge >= 0.3 is 5.97 Å². The summed E-state index contributed by atoms with van der Waals surface area (Å²) in [6, 6.07) is 8.62. The van der Waals surface area contributed by atoms with Crippen LogP contribution >= 0.6 is 0 Å². The fourth-order valence-electron chi connectivity index (χ4n) is 2.98. The Bertz CT molecular complexity index is 785. The number of nitrogens with zero attached hydrogens (tertiary/aromatic N) is 3. The quantitative estimate of drug-likeness (QED) is 0.859. The van der Waals surface area contributed by atoms with Crippen LogP contribution in [0.2, 0.25) is 0 Å². The van der Waals surface area contributed by atoms with Crippen molar-refractivity contribution in [2.24, 2.45) is 5.92 Å². The van der Waals surface area contributed by atoms with E-state index in [4.69, 9.17) is 4.74 Å². The van der Waals surface area contributed by atoms with Gasteiger partial charge in [0.2, 0.25) is 0 Å². The van der Waals surface area contributed by atoms with Crippen molar-refractivity contribution in [1.29, 1.82) is 0 Å². The summed E-state index contributed by atoms with van der Waals surface area (Å²) in [7, 11) is 0. The Hall–Kier alpha value is -2.83. The molecule has 1 N–H and O–H groups in total. The average Bonchev–Trinajstić information content (AvgIpc) is 3.27. The lowest BCUT2D eigenvalue weighted by atomic mass is 10.2. The van der Waals surface area contributed by atoms with Gasteiger partial charge in [-0.25, -0.2) is 9.48 Å². The average molecular weight is 357 g/mol. The summed E-state index contributed by atoms with van der Waals surface area (Å²) in [5.41, 5.74) is 0.958. The first-order valence-electron chi connectivity index (χ1n) is 8.79. The van der Waals surface area contributed by atoms with E-state index in [0.29, 0.717) is 31.7 Å². The van der Waals surface area contributed by atoms with E-state index < -0.39 is 17.9 Å². The van der Waals surface area contributed by atoms with E-state index in [1.54, 1.807) is 10.9 Å². The van der Waals surface area contributed by atoms with Crippen molar-refractivity contribution in [2.75, 3.05) is 13.2 Å². The molecule has 26 heavy (non-hydrogen) atoms. The molecule has 138 valence electrons. The van der Waals surface area contributed by atoms with Crippen LogP contribution in [0.25, 0.3) is 5.69 Å². The normalized spacial score (nSPS) is 16.9. The van der Waals surface area contributed by atoms with Gasteiger partial charge in [-0.2, -0.15) is 5.10 Å². The van der Waals surface area contributed by atoms with Crippen LogP contribution in [0.4, 0.5) is 0 Å². The molecule has 1 aliphatic heterocycles. The van der Waals surface area contributed by atoms with Gasteiger partial charge < -0.3 is 14.7 Å². The lowest BCUT2D eigenvalue weighted by Crippen LogP contribution is -2.40. The number of hydrogen-bond donors (Lipinski definition) is 1. The Labute approximate surface area is 152 Å². The molecule has 1 aromatic carbocycles. The first kappa shape index (κ1) is 18.0. The maximum atomic E-state index is 13.0. The smallest absolute Gasteiger partial charge is 0.326 e. The third-order valence-electron chi connectivity index (χ3n) is 4.27. The summed E-state index contributed by atoms with van der Waals surface area (Å²) < 4.78 is 7.39. The molecule has 1 aromatic heterocycles. The van der Waals surface area contributed by atoms with Crippen LogP contribution in [-0.2, 0) is 4.79 Å². The number of hydrogen-bond acceptors (Lipinski definition) is 4. The highest BCUT2D eigenvalue weighted by Crippen LogP contribution is 2.26. The number of benzene rings is 1. The molecule has 0 unspecified atom stereocenters. The zero-order valence-electron chi connectivity index (χ0n) is 15.0. The highest BCUT2D eigenvalue weighted by molar-refractivity contribution is 5.97. The number of aromatic nitrogens is 2. The molecule has 7 heteroatoms. The largest absolute Gasteiger partial charge is 0.489 e. The van der Waals surface area contributed by atoms with Gasteiger partial charge in [0.25, 0.3) is 5.91 Å². The SMILES string of the molecule is CC(C)COc1cn(-c2ccccc2)nc1C(=O)N1CCC[C@@H]1C(=O)O. The number of aliphatic carboxylic acids is 1. The molecule has 1 atom stereocenters. The predicted molar refractivity (Wildman–Crippen MR) is 95.6 cm³/mol. The molecule has 3 rings (SSSR count). The number of likely N-dealkylation sites (tertiary alicyclic amines) is 1. The molecule has 0 radical (unpaired) electrons. The highest BCUT2D eigenvalue weighted by Gasteiger charge is 2.36. The maximum Gasteiger partial charge on any atom is 0.326 e. The third-order valence-corrected chi connectivity index (χ3v) is 4.27. The second-order valence-corrected chi connectivity index (χ2v) is 6.82. The molecule has 1 aliphatic rings. The van der Waals surface area contributed by atoms with Crippen LogP contribution in [0, 0.1) is 5.92 Å². The molecule has 1 fully saturated rings. The van der Waals surface area contributed by atoms with Crippen molar-refractivity contribution in [3.63, 3.8) is 0 Å². The van der Waals surface area contributed by atoms with Gasteiger partial charge in [0, 0.05) is 6.54 Å². The number of ether oxygens (including phenoxy) is 1. The first-order chi connectivity index (χ1) is 12.5. The van der Waals surface area contributed by atoms with Crippen molar-refractivity contribution >= 4 is 11.9 Å². The monoisotopic (exact) mass is 357 g/mol. The van der Waals surface area contributed by atoms with Crippen LogP contribution in [-0.4, -0.2) is 50.9 Å². The molecule has 2 heterocycles. The minimum Gasteiger partial charge on any atom is -0.489 e. The number of carbonyl (C=O) groups excluding carboxylic acids is 1. The standard InChI is InChI=1S/C19H23N3O4/c1-13(2)12-26-16-11-22(14-7-4-3-5-8-14)20-17(16)18(23)21-10-6-9-15(21)19(24)25/h3-5,7-8,11,13,15H,6,9-10,12H2,1-2H3,(H,24,25)/t15-/m1/s1. The summed E-state index contributed by atoms with van der Waals surface area (Å²) >= 11 is 0. The van der Waals surface area contributed by atoms with E-state index in [1.165, 1.54) is 4.90 Å². The molecule has 0 bridgehead atoms. The van der Waals surface area contributed by atoms with Gasteiger partial charge in [0.1, 0.15) is 6.04 Å². The summed E-state index contributed by atoms with van der Waals surface area (Å²) in [5.74, 6) is -0.716. The Kier molecular flexibility index (Phi) is 5.25. The zero-order chi connectivity index (χ0) is 18.7. The van der Waals surface area contributed by atoms with E-state index in [0.717, 1.165) is 5.69 Å². The minimum atomic E-state index is -0.983. The van der Waals surface area contributed by atoms with E-state index in [2.05, 4.69) is 5.10 Å². The van der Waals surface area contributed by atoms with Crippen molar-refractivity contribution in [3.8, 4) is 11.4 Å². The maximum absolute atomic E-state index is 13.0. The number of carbonyl (C=O) groups is 2. The summed E-state index contributed by atoms with van der Waals surface area (Å²) in [6.07, 6.45) is 2.81. The molecular formula is C19H23N3O4. The molecule has 0 saturated carbocycles. The van der Waals surface area contributed by atoms with Crippen LogP contribution in [0.15, 0.2) is 36.5 Å². The van der Waals surface area contributed by atoms with Crippen molar-refractivity contribution < 1.29 is 19.4 Å². The van der Waals surface area contributed by atoms with E-state index in [-0.39, 0.29) is 11.6 Å². The first-order valence-corrected chi connectivity index (χ1v) is 8.79. The second-order valence-electron chi connectivity index (χ2n) is 6.82. The van der Waals surface area contributed by atoms with Gasteiger partial charge in [0.15, 0.2) is 11.4 Å². The molecular weight excluding hydrogens is 334 g/mol. The molecule has 2 aromatic rings. The van der Waals surface area contributed by atoms with Crippen LogP contribution in [0.1, 0.15) is 37.2 Å². The van der Waals surface area contributed by atoms with E-state index >= 15 is 0 Å². The van der Waals surface area contributed by atoms with Crippen LogP contribution in [0.5, 0.6) is 5.75 Å². The van der Waals surface area contributed by atoms with Crippen LogP contribution in [0.3, 0.4) is 0 Å². The Balaban J connectivity index is 1.94. The fourth-order valence-corrected chi connectivity index (χ4v) is 2.98. The third kappa shape index (κ3) is 3.71. The predicted octanol–water partition coefficient (Wildman–Crippen LogP) is 2.60. The topological polar surface area (TPSA) is 84.7 Å². The molecule has 0 spiro atoms. The Morgan fingerprint density at radius 3 is 2.69 bits per heavy atom. The number of para-hydroxylation sites is 1. The van der Waals surface area contributed by atoms with Crippen molar-refractivity contribution in [1.82, 2.24) is 14.7 Å². The zero-order valence-corrected chi connectivity index (χ0v) is 15.0. The second kappa shape index (κ2) is 7.59. The van der Waals surface area contributed by atoms with Gasteiger partial charge in [-0.15, -0.1) is 0 Å². The molecule has 0 aliphatic carbocycles. The minimum absolute atomic E-state index is 0.155. The summed E-state index contributed by atoms with van der Waals surface area (Å²) in [6.45, 7) is 4.90. The summed E-state index contributed by atoms with van der Waals surface area (Å²) in [4.78, 5) is 25.8. The highest BCUT2D eigenvalue weighted by atomic mass is 16.5. The Morgan fingerprint density at radius 2 is 2.04 bits per heavy atom. The molecule has 1 saturated heterocycles. The molecule has 1 amide bonds.